The van der Waals surface area contributed by atoms with Crippen LogP contribution in [0.1, 0.15) is 34.5 Å². The number of hydrogen-bond donors (Lipinski definition) is 2. The normalized spacial score (nSPS) is 32.0. The Morgan fingerprint density at radius 3 is 2.53 bits per heavy atom. The lowest BCUT2D eigenvalue weighted by molar-refractivity contribution is 0.000103. The molecule has 3 nitrogen and oxygen atoms in total. The molecule has 0 amide bonds. The molecule has 1 aliphatic heterocycles. The van der Waals surface area contributed by atoms with Crippen LogP contribution in [0, 0.1) is 13.8 Å². The van der Waals surface area contributed by atoms with Crippen LogP contribution in [0.4, 0.5) is 0 Å². The molecule has 2 aromatic carbocycles. The van der Waals surface area contributed by atoms with E-state index in [4.69, 9.17) is 4.74 Å². The van der Waals surface area contributed by atoms with Gasteiger partial charge in [-0.15, -0.1) is 0 Å². The Morgan fingerprint density at radius 1 is 1.00 bits per heavy atom. The molecule has 2 aliphatic rings. The lowest BCUT2D eigenvalue weighted by atomic mass is 9.82. The molecule has 0 saturated carbocycles. The SMILES string of the molecule is Cc1ccc(C)c2c3c(ccc12)[C@H](O)[C@@H](O)[C@@H]1O[C@H]31. The number of hydrogen-bond acceptors (Lipinski definition) is 3. The van der Waals surface area contributed by atoms with Crippen LogP contribution in [0.5, 0.6) is 0 Å². The molecule has 0 unspecified atom stereocenters. The van der Waals surface area contributed by atoms with Crippen LogP contribution in [0.3, 0.4) is 0 Å². The van der Waals surface area contributed by atoms with Crippen molar-refractivity contribution in [3.05, 3.63) is 46.5 Å². The minimum absolute atomic E-state index is 0.0578. The average Bonchev–Trinajstić information content (AvgIpc) is 3.19. The zero-order valence-electron chi connectivity index (χ0n) is 10.9. The molecule has 2 N–H and O–H groups in total. The van der Waals surface area contributed by atoms with Gasteiger partial charge in [0.1, 0.15) is 24.4 Å². The molecule has 1 fully saturated rings. The van der Waals surface area contributed by atoms with Crippen LogP contribution in [0.25, 0.3) is 10.8 Å². The Hall–Kier alpha value is -1.42. The van der Waals surface area contributed by atoms with Gasteiger partial charge in [-0.05, 0) is 46.9 Å². The second-order valence-electron chi connectivity index (χ2n) is 5.65. The van der Waals surface area contributed by atoms with Crippen molar-refractivity contribution in [3.8, 4) is 0 Å². The van der Waals surface area contributed by atoms with E-state index in [2.05, 4.69) is 26.0 Å². The van der Waals surface area contributed by atoms with Crippen LogP contribution in [-0.4, -0.2) is 22.4 Å². The smallest absolute Gasteiger partial charge is 0.118 e. The summed E-state index contributed by atoms with van der Waals surface area (Å²) in [6.07, 6.45) is -1.95. The van der Waals surface area contributed by atoms with Crippen LogP contribution >= 0.6 is 0 Å². The topological polar surface area (TPSA) is 53.0 Å². The number of benzene rings is 2. The highest BCUT2D eigenvalue weighted by atomic mass is 16.6. The molecular formula is C16H16O3. The van der Waals surface area contributed by atoms with Crippen molar-refractivity contribution in [1.29, 1.82) is 0 Å². The molecule has 98 valence electrons. The maximum absolute atomic E-state index is 10.2. The van der Waals surface area contributed by atoms with Gasteiger partial charge in [0.25, 0.3) is 0 Å². The lowest BCUT2D eigenvalue weighted by Gasteiger charge is -2.25. The summed E-state index contributed by atoms with van der Waals surface area (Å²) >= 11 is 0. The van der Waals surface area contributed by atoms with Crippen molar-refractivity contribution in [1.82, 2.24) is 0 Å². The van der Waals surface area contributed by atoms with E-state index < -0.39 is 12.2 Å². The zero-order valence-corrected chi connectivity index (χ0v) is 10.9. The van der Waals surface area contributed by atoms with E-state index in [9.17, 15) is 10.2 Å². The highest BCUT2D eigenvalue weighted by Gasteiger charge is 2.54. The monoisotopic (exact) mass is 256 g/mol. The zero-order chi connectivity index (χ0) is 13.3. The first kappa shape index (κ1) is 11.4. The van der Waals surface area contributed by atoms with Crippen molar-refractivity contribution in [3.63, 3.8) is 0 Å². The number of aliphatic hydroxyl groups is 2. The highest BCUT2D eigenvalue weighted by Crippen LogP contribution is 2.53. The molecule has 1 aliphatic carbocycles. The first-order valence-corrected chi connectivity index (χ1v) is 6.64. The third-order valence-corrected chi connectivity index (χ3v) is 4.47. The van der Waals surface area contributed by atoms with Gasteiger partial charge in [-0.3, -0.25) is 0 Å². The Labute approximate surface area is 111 Å². The van der Waals surface area contributed by atoms with E-state index in [1.807, 2.05) is 12.1 Å². The minimum Gasteiger partial charge on any atom is -0.387 e. The summed E-state index contributed by atoms with van der Waals surface area (Å²) in [7, 11) is 0. The summed E-state index contributed by atoms with van der Waals surface area (Å²) in [6.45, 7) is 4.17. The molecule has 0 radical (unpaired) electrons. The largest absolute Gasteiger partial charge is 0.387 e. The van der Waals surface area contributed by atoms with E-state index in [-0.39, 0.29) is 12.2 Å². The Kier molecular flexibility index (Phi) is 2.14. The fourth-order valence-electron chi connectivity index (χ4n) is 3.36. The standard InChI is InChI=1S/C16H16O3/c1-7-3-4-8(2)11-9(7)5-6-10-12(11)15-16(19-15)14(18)13(10)17/h3-6,13-18H,1-2H3/t13-,14+,15+,16-/m0/s1. The van der Waals surface area contributed by atoms with Gasteiger partial charge < -0.3 is 14.9 Å². The third-order valence-electron chi connectivity index (χ3n) is 4.47. The number of rotatable bonds is 0. The van der Waals surface area contributed by atoms with E-state index >= 15 is 0 Å². The van der Waals surface area contributed by atoms with E-state index in [0.29, 0.717) is 0 Å². The van der Waals surface area contributed by atoms with Crippen LogP contribution < -0.4 is 0 Å². The highest BCUT2D eigenvalue weighted by molar-refractivity contribution is 5.93. The van der Waals surface area contributed by atoms with E-state index in [1.54, 1.807) is 0 Å². The maximum atomic E-state index is 10.2. The molecule has 0 spiro atoms. The molecular weight excluding hydrogens is 240 g/mol. The van der Waals surface area contributed by atoms with Gasteiger partial charge in [-0.1, -0.05) is 24.3 Å². The van der Waals surface area contributed by atoms with Gasteiger partial charge in [-0.2, -0.15) is 0 Å². The number of aliphatic hydroxyl groups excluding tert-OH is 2. The lowest BCUT2D eigenvalue weighted by Crippen LogP contribution is -2.29. The van der Waals surface area contributed by atoms with Crippen molar-refractivity contribution in [2.75, 3.05) is 0 Å². The predicted octanol–water partition coefficient (Wildman–Crippen LogP) is 2.30. The average molecular weight is 256 g/mol. The Morgan fingerprint density at radius 2 is 1.74 bits per heavy atom. The fourth-order valence-corrected chi connectivity index (χ4v) is 3.36. The molecule has 0 bridgehead atoms. The first-order valence-electron chi connectivity index (χ1n) is 6.64. The molecule has 3 heteroatoms. The van der Waals surface area contributed by atoms with Crippen LogP contribution in [0.2, 0.25) is 0 Å². The molecule has 19 heavy (non-hydrogen) atoms. The minimum atomic E-state index is -0.844. The molecule has 4 atom stereocenters. The number of fused-ring (bicyclic) bond motifs is 5. The molecule has 4 rings (SSSR count). The van der Waals surface area contributed by atoms with Gasteiger partial charge in [0.2, 0.25) is 0 Å². The quantitative estimate of drug-likeness (QED) is 0.711. The van der Waals surface area contributed by atoms with Crippen LogP contribution in [0.15, 0.2) is 24.3 Å². The molecule has 1 saturated heterocycles. The van der Waals surface area contributed by atoms with Crippen molar-refractivity contribution >= 4 is 10.8 Å². The van der Waals surface area contributed by atoms with Crippen molar-refractivity contribution in [2.45, 2.75) is 38.3 Å². The first-order chi connectivity index (χ1) is 9.09. The fraction of sp³-hybridized carbons (Fsp3) is 0.375. The van der Waals surface area contributed by atoms with Gasteiger partial charge in [0.15, 0.2) is 0 Å². The van der Waals surface area contributed by atoms with Gasteiger partial charge >= 0.3 is 0 Å². The summed E-state index contributed by atoms with van der Waals surface area (Å²) in [4.78, 5) is 0. The Bertz CT molecular complexity index is 692. The number of ether oxygens (including phenoxy) is 1. The summed E-state index contributed by atoms with van der Waals surface area (Å²) in [5.74, 6) is 0. The summed E-state index contributed by atoms with van der Waals surface area (Å²) in [5, 5.41) is 22.6. The molecule has 1 heterocycles. The predicted molar refractivity (Wildman–Crippen MR) is 72.0 cm³/mol. The van der Waals surface area contributed by atoms with Crippen molar-refractivity contribution < 1.29 is 14.9 Å². The maximum Gasteiger partial charge on any atom is 0.118 e. The number of aryl methyl sites for hydroxylation is 2. The molecule has 0 aromatic heterocycles. The summed E-state index contributed by atoms with van der Waals surface area (Å²) in [5.41, 5.74) is 4.30. The van der Waals surface area contributed by atoms with E-state index in [1.165, 1.54) is 21.9 Å². The van der Waals surface area contributed by atoms with Gasteiger partial charge in [0.05, 0.1) is 0 Å². The summed E-state index contributed by atoms with van der Waals surface area (Å²) in [6, 6.07) is 8.18. The summed E-state index contributed by atoms with van der Waals surface area (Å²) < 4.78 is 5.58. The molecule has 2 aromatic rings. The number of epoxide rings is 1. The second kappa shape index (κ2) is 3.57. The van der Waals surface area contributed by atoms with Crippen molar-refractivity contribution in [2.24, 2.45) is 0 Å². The van der Waals surface area contributed by atoms with Gasteiger partial charge in [0, 0.05) is 0 Å². The third kappa shape index (κ3) is 1.38. The van der Waals surface area contributed by atoms with E-state index in [0.717, 1.165) is 11.1 Å². The van der Waals surface area contributed by atoms with Gasteiger partial charge in [-0.25, -0.2) is 0 Å². The Balaban J connectivity index is 2.10. The second-order valence-corrected chi connectivity index (χ2v) is 5.65. The van der Waals surface area contributed by atoms with Crippen LogP contribution in [-0.2, 0) is 4.74 Å².